The summed E-state index contributed by atoms with van der Waals surface area (Å²) < 4.78 is 0. The Bertz CT molecular complexity index is 505. The molecule has 114 valence electrons. The summed E-state index contributed by atoms with van der Waals surface area (Å²) in [5, 5.41) is 10.6. The van der Waals surface area contributed by atoms with Crippen LogP contribution in [0.3, 0.4) is 0 Å². The van der Waals surface area contributed by atoms with E-state index in [1.165, 1.54) is 49.8 Å². The second kappa shape index (κ2) is 8.50. The standard InChI is InChI=1S/C18H27N3/c1-3-4-5-6-7-9-15(2)20-17-11-8-10-16(14-17)18-12-13-19-21-18/h8,10-15,20H,3-7,9H2,1-2H3,(H,19,21). The van der Waals surface area contributed by atoms with Crippen molar-refractivity contribution in [1.82, 2.24) is 10.2 Å². The second-order valence-electron chi connectivity index (χ2n) is 5.80. The second-order valence-corrected chi connectivity index (χ2v) is 5.80. The van der Waals surface area contributed by atoms with E-state index in [0.717, 1.165) is 5.69 Å². The van der Waals surface area contributed by atoms with Crippen LogP contribution in [0.2, 0.25) is 0 Å². The van der Waals surface area contributed by atoms with Gasteiger partial charge in [-0.05, 0) is 31.5 Å². The Labute approximate surface area is 128 Å². The first-order valence-electron chi connectivity index (χ1n) is 8.16. The van der Waals surface area contributed by atoms with E-state index in [2.05, 4.69) is 53.6 Å². The number of rotatable bonds is 9. The molecule has 1 unspecified atom stereocenters. The Morgan fingerprint density at radius 3 is 2.76 bits per heavy atom. The van der Waals surface area contributed by atoms with Crippen LogP contribution < -0.4 is 5.32 Å². The minimum atomic E-state index is 0.517. The minimum Gasteiger partial charge on any atom is -0.383 e. The van der Waals surface area contributed by atoms with Gasteiger partial charge in [0.15, 0.2) is 0 Å². The van der Waals surface area contributed by atoms with Gasteiger partial charge in [0.25, 0.3) is 0 Å². The molecule has 0 aliphatic heterocycles. The number of unbranched alkanes of at least 4 members (excludes halogenated alkanes) is 4. The minimum absolute atomic E-state index is 0.517. The van der Waals surface area contributed by atoms with Gasteiger partial charge in [-0.15, -0.1) is 0 Å². The number of H-pyrrole nitrogens is 1. The molecule has 1 atom stereocenters. The molecule has 0 aliphatic rings. The number of aromatic amines is 1. The van der Waals surface area contributed by atoms with Crippen LogP contribution in [0.25, 0.3) is 11.3 Å². The lowest BCUT2D eigenvalue weighted by molar-refractivity contribution is 0.578. The molecule has 3 heteroatoms. The van der Waals surface area contributed by atoms with Gasteiger partial charge in [0.2, 0.25) is 0 Å². The zero-order valence-corrected chi connectivity index (χ0v) is 13.2. The van der Waals surface area contributed by atoms with E-state index in [-0.39, 0.29) is 0 Å². The topological polar surface area (TPSA) is 40.7 Å². The molecule has 0 spiro atoms. The molecular formula is C18H27N3. The quantitative estimate of drug-likeness (QED) is 0.619. The summed E-state index contributed by atoms with van der Waals surface area (Å²) in [5.74, 6) is 0. The largest absolute Gasteiger partial charge is 0.383 e. The first kappa shape index (κ1) is 15.6. The van der Waals surface area contributed by atoms with Gasteiger partial charge >= 0.3 is 0 Å². The highest BCUT2D eigenvalue weighted by Crippen LogP contribution is 2.21. The van der Waals surface area contributed by atoms with Gasteiger partial charge in [-0.1, -0.05) is 51.2 Å². The zero-order chi connectivity index (χ0) is 14.9. The summed E-state index contributed by atoms with van der Waals surface area (Å²) in [7, 11) is 0. The molecule has 1 aromatic carbocycles. The van der Waals surface area contributed by atoms with Crippen LogP contribution in [0, 0.1) is 0 Å². The lowest BCUT2D eigenvalue weighted by Gasteiger charge is -2.15. The van der Waals surface area contributed by atoms with Gasteiger partial charge in [0.05, 0.1) is 5.69 Å². The maximum absolute atomic E-state index is 4.01. The number of hydrogen-bond donors (Lipinski definition) is 2. The van der Waals surface area contributed by atoms with Gasteiger partial charge in [-0.2, -0.15) is 5.10 Å². The van der Waals surface area contributed by atoms with Crippen molar-refractivity contribution in [3.63, 3.8) is 0 Å². The summed E-state index contributed by atoms with van der Waals surface area (Å²) in [4.78, 5) is 0. The van der Waals surface area contributed by atoms with Crippen molar-refractivity contribution in [3.8, 4) is 11.3 Å². The molecule has 2 aromatic rings. The van der Waals surface area contributed by atoms with Gasteiger partial charge in [-0.25, -0.2) is 0 Å². The Hall–Kier alpha value is -1.77. The first-order valence-corrected chi connectivity index (χ1v) is 8.16. The lowest BCUT2D eigenvalue weighted by atomic mass is 10.1. The van der Waals surface area contributed by atoms with E-state index in [0.29, 0.717) is 6.04 Å². The molecule has 0 radical (unpaired) electrons. The highest BCUT2D eigenvalue weighted by Gasteiger charge is 2.04. The van der Waals surface area contributed by atoms with Crippen LogP contribution in [0.4, 0.5) is 5.69 Å². The van der Waals surface area contributed by atoms with E-state index < -0.39 is 0 Å². The fourth-order valence-corrected chi connectivity index (χ4v) is 2.60. The normalized spacial score (nSPS) is 12.3. The third-order valence-corrected chi connectivity index (χ3v) is 3.83. The van der Waals surface area contributed by atoms with Crippen molar-refractivity contribution >= 4 is 5.69 Å². The monoisotopic (exact) mass is 285 g/mol. The Kier molecular flexibility index (Phi) is 6.32. The van der Waals surface area contributed by atoms with Gasteiger partial charge in [0.1, 0.15) is 0 Å². The van der Waals surface area contributed by atoms with E-state index in [9.17, 15) is 0 Å². The highest BCUT2D eigenvalue weighted by atomic mass is 15.1. The molecule has 0 bridgehead atoms. The number of benzene rings is 1. The molecule has 2 rings (SSSR count). The third kappa shape index (κ3) is 5.25. The SMILES string of the molecule is CCCCCCCC(C)Nc1cccc(-c2ccn[nH]2)c1. The maximum atomic E-state index is 4.01. The van der Waals surface area contributed by atoms with Crippen molar-refractivity contribution in [2.75, 3.05) is 5.32 Å². The summed E-state index contributed by atoms with van der Waals surface area (Å²) in [6, 6.07) is 11.0. The fraction of sp³-hybridized carbons (Fsp3) is 0.500. The smallest absolute Gasteiger partial charge is 0.0650 e. The zero-order valence-electron chi connectivity index (χ0n) is 13.2. The van der Waals surface area contributed by atoms with E-state index >= 15 is 0 Å². The molecule has 0 fully saturated rings. The highest BCUT2D eigenvalue weighted by molar-refractivity contribution is 5.64. The summed E-state index contributed by atoms with van der Waals surface area (Å²) in [6.45, 7) is 4.53. The fourth-order valence-electron chi connectivity index (χ4n) is 2.60. The lowest BCUT2D eigenvalue weighted by Crippen LogP contribution is -2.14. The van der Waals surface area contributed by atoms with Gasteiger partial charge < -0.3 is 5.32 Å². The molecule has 1 aromatic heterocycles. The predicted octanol–water partition coefficient (Wildman–Crippen LogP) is 5.24. The number of hydrogen-bond acceptors (Lipinski definition) is 2. The van der Waals surface area contributed by atoms with Crippen molar-refractivity contribution in [2.45, 2.75) is 58.4 Å². The maximum Gasteiger partial charge on any atom is 0.0650 e. The molecule has 21 heavy (non-hydrogen) atoms. The van der Waals surface area contributed by atoms with Crippen LogP contribution >= 0.6 is 0 Å². The average Bonchev–Trinajstić information content (AvgIpc) is 3.01. The molecule has 3 nitrogen and oxygen atoms in total. The van der Waals surface area contributed by atoms with Crippen molar-refractivity contribution < 1.29 is 0 Å². The van der Waals surface area contributed by atoms with Crippen LogP contribution in [0.5, 0.6) is 0 Å². The number of aromatic nitrogens is 2. The van der Waals surface area contributed by atoms with Crippen molar-refractivity contribution in [3.05, 3.63) is 36.5 Å². The molecule has 0 saturated carbocycles. The average molecular weight is 285 g/mol. The Balaban J connectivity index is 1.81. The van der Waals surface area contributed by atoms with Gasteiger partial charge in [0, 0.05) is 23.5 Å². The molecule has 2 N–H and O–H groups in total. The predicted molar refractivity (Wildman–Crippen MR) is 90.5 cm³/mol. The summed E-state index contributed by atoms with van der Waals surface area (Å²) in [6.07, 6.45) is 9.75. The molecule has 1 heterocycles. The van der Waals surface area contributed by atoms with Gasteiger partial charge in [-0.3, -0.25) is 5.10 Å². The summed E-state index contributed by atoms with van der Waals surface area (Å²) >= 11 is 0. The van der Waals surface area contributed by atoms with Crippen molar-refractivity contribution in [2.24, 2.45) is 0 Å². The molecule has 0 aliphatic carbocycles. The van der Waals surface area contributed by atoms with Crippen LogP contribution in [-0.2, 0) is 0 Å². The molecule has 0 saturated heterocycles. The molecule has 0 amide bonds. The van der Waals surface area contributed by atoms with Crippen molar-refractivity contribution in [1.29, 1.82) is 0 Å². The number of anilines is 1. The number of nitrogens with zero attached hydrogens (tertiary/aromatic N) is 1. The molecular weight excluding hydrogens is 258 g/mol. The third-order valence-electron chi connectivity index (χ3n) is 3.83. The number of nitrogens with one attached hydrogen (secondary N) is 2. The van der Waals surface area contributed by atoms with Crippen LogP contribution in [0.1, 0.15) is 52.4 Å². The van der Waals surface area contributed by atoms with Crippen LogP contribution in [-0.4, -0.2) is 16.2 Å². The van der Waals surface area contributed by atoms with E-state index in [1.807, 2.05) is 6.07 Å². The Morgan fingerprint density at radius 1 is 1.14 bits per heavy atom. The Morgan fingerprint density at radius 2 is 2.00 bits per heavy atom. The first-order chi connectivity index (χ1) is 10.3. The summed E-state index contributed by atoms with van der Waals surface area (Å²) in [5.41, 5.74) is 3.42. The van der Waals surface area contributed by atoms with E-state index in [1.54, 1.807) is 6.20 Å². The van der Waals surface area contributed by atoms with Crippen LogP contribution in [0.15, 0.2) is 36.5 Å². The van der Waals surface area contributed by atoms with E-state index in [4.69, 9.17) is 0 Å².